The Kier molecular flexibility index (Phi) is 5.46. The number of carbonyl (C=O) groups excluding carboxylic acids is 1. The number of nitrogen functional groups attached to an aromatic ring is 1. The molecule has 3 N–H and O–H groups in total. The molecule has 0 saturated carbocycles. The smallest absolute Gasteiger partial charge is 0.340 e. The van der Waals surface area contributed by atoms with Crippen molar-refractivity contribution in [1.82, 2.24) is 0 Å². The molecule has 0 heterocycles. The second-order valence-corrected chi connectivity index (χ2v) is 5.34. The zero-order valence-electron chi connectivity index (χ0n) is 13.6. The van der Waals surface area contributed by atoms with E-state index < -0.39 is 5.97 Å². The summed E-state index contributed by atoms with van der Waals surface area (Å²) in [6.45, 7) is 6.18. The highest BCUT2D eigenvalue weighted by atomic mass is 16.5. The lowest BCUT2D eigenvalue weighted by atomic mass is 10.1. The molecule has 2 aromatic carbocycles. The summed E-state index contributed by atoms with van der Waals surface area (Å²) in [5.41, 5.74) is 8.20. The molecule has 5 nitrogen and oxygen atoms in total. The lowest BCUT2D eigenvalue weighted by molar-refractivity contribution is 0.0379. The Hall–Kier alpha value is -2.69. The largest absolute Gasteiger partial charge is 0.494 e. The minimum atomic E-state index is -0.402. The molecule has 0 aliphatic heterocycles. The van der Waals surface area contributed by atoms with Crippen LogP contribution < -0.4 is 15.8 Å². The molecule has 0 radical (unpaired) electrons. The molecule has 0 unspecified atom stereocenters. The number of ether oxygens (including phenoxy) is 2. The van der Waals surface area contributed by atoms with Crippen molar-refractivity contribution in [1.29, 1.82) is 0 Å². The van der Waals surface area contributed by atoms with Crippen molar-refractivity contribution in [3.05, 3.63) is 48.0 Å². The third-order valence-electron chi connectivity index (χ3n) is 3.05. The van der Waals surface area contributed by atoms with Crippen LogP contribution in [0.2, 0.25) is 0 Å². The SMILES string of the molecule is CCOc1ccc(Nc2ccc(N)cc2C(=O)OC(C)C)cc1. The van der Waals surface area contributed by atoms with Gasteiger partial charge >= 0.3 is 5.97 Å². The quantitative estimate of drug-likeness (QED) is 0.623. The normalized spacial score (nSPS) is 10.4. The van der Waals surface area contributed by atoms with Gasteiger partial charge in [-0.05, 0) is 63.2 Å². The maximum atomic E-state index is 12.2. The first kappa shape index (κ1) is 16.7. The second kappa shape index (κ2) is 7.54. The van der Waals surface area contributed by atoms with Gasteiger partial charge < -0.3 is 20.5 Å². The van der Waals surface area contributed by atoms with Gasteiger partial charge in [0, 0.05) is 11.4 Å². The molecule has 0 aromatic heterocycles. The first-order chi connectivity index (χ1) is 11.0. The summed E-state index contributed by atoms with van der Waals surface area (Å²) in [6, 6.07) is 12.6. The second-order valence-electron chi connectivity index (χ2n) is 5.34. The van der Waals surface area contributed by atoms with Crippen LogP contribution in [-0.4, -0.2) is 18.7 Å². The van der Waals surface area contributed by atoms with E-state index in [2.05, 4.69) is 5.32 Å². The summed E-state index contributed by atoms with van der Waals surface area (Å²) < 4.78 is 10.7. The standard InChI is InChI=1S/C18H22N2O3/c1-4-22-15-8-6-14(7-9-15)20-17-10-5-13(19)11-16(17)18(21)23-12(2)3/h5-12,20H,4,19H2,1-3H3. The Labute approximate surface area is 136 Å². The predicted octanol–water partition coefficient (Wildman–Crippen LogP) is 3.98. The zero-order chi connectivity index (χ0) is 16.8. The van der Waals surface area contributed by atoms with Crippen LogP contribution >= 0.6 is 0 Å². The van der Waals surface area contributed by atoms with E-state index in [4.69, 9.17) is 15.2 Å². The highest BCUT2D eigenvalue weighted by Gasteiger charge is 2.15. The molecule has 0 aliphatic rings. The summed E-state index contributed by atoms with van der Waals surface area (Å²) >= 11 is 0. The van der Waals surface area contributed by atoms with E-state index in [1.807, 2.05) is 45.0 Å². The molecule has 0 atom stereocenters. The molecule has 23 heavy (non-hydrogen) atoms. The summed E-state index contributed by atoms with van der Waals surface area (Å²) in [4.78, 5) is 12.2. The maximum absolute atomic E-state index is 12.2. The molecule has 2 rings (SSSR count). The zero-order valence-corrected chi connectivity index (χ0v) is 13.6. The van der Waals surface area contributed by atoms with E-state index in [-0.39, 0.29) is 6.10 Å². The van der Waals surface area contributed by atoms with Crippen molar-refractivity contribution in [2.24, 2.45) is 0 Å². The van der Waals surface area contributed by atoms with Crippen LogP contribution in [0.15, 0.2) is 42.5 Å². The first-order valence-corrected chi connectivity index (χ1v) is 7.60. The highest BCUT2D eigenvalue weighted by molar-refractivity contribution is 5.97. The number of nitrogens with one attached hydrogen (secondary N) is 1. The molecule has 2 aromatic rings. The molecule has 0 saturated heterocycles. The van der Waals surface area contributed by atoms with Crippen LogP contribution in [0.25, 0.3) is 0 Å². The maximum Gasteiger partial charge on any atom is 0.340 e. The molecular weight excluding hydrogens is 292 g/mol. The number of anilines is 3. The molecule has 0 fully saturated rings. The average molecular weight is 314 g/mol. The number of rotatable bonds is 6. The minimum Gasteiger partial charge on any atom is -0.494 e. The van der Waals surface area contributed by atoms with Gasteiger partial charge in [-0.25, -0.2) is 4.79 Å². The van der Waals surface area contributed by atoms with Crippen molar-refractivity contribution < 1.29 is 14.3 Å². The first-order valence-electron chi connectivity index (χ1n) is 7.60. The molecular formula is C18H22N2O3. The fourth-order valence-electron chi connectivity index (χ4n) is 2.07. The van der Waals surface area contributed by atoms with Gasteiger partial charge in [0.1, 0.15) is 5.75 Å². The van der Waals surface area contributed by atoms with Crippen molar-refractivity contribution in [3.8, 4) is 5.75 Å². The van der Waals surface area contributed by atoms with Gasteiger partial charge in [0.15, 0.2) is 0 Å². The van der Waals surface area contributed by atoms with Crippen LogP contribution in [0, 0.1) is 0 Å². The number of carbonyl (C=O) groups is 1. The summed E-state index contributed by atoms with van der Waals surface area (Å²) in [7, 11) is 0. The molecule has 0 spiro atoms. The van der Waals surface area contributed by atoms with Gasteiger partial charge in [-0.2, -0.15) is 0 Å². The van der Waals surface area contributed by atoms with Crippen molar-refractivity contribution >= 4 is 23.0 Å². The van der Waals surface area contributed by atoms with Crippen LogP contribution in [0.1, 0.15) is 31.1 Å². The van der Waals surface area contributed by atoms with E-state index in [1.165, 1.54) is 0 Å². The minimum absolute atomic E-state index is 0.192. The van der Waals surface area contributed by atoms with E-state index in [9.17, 15) is 4.79 Å². The van der Waals surface area contributed by atoms with Gasteiger partial charge in [0.05, 0.1) is 24.0 Å². The Morgan fingerprint density at radius 3 is 2.48 bits per heavy atom. The summed E-state index contributed by atoms with van der Waals surface area (Å²) in [6.07, 6.45) is -0.192. The van der Waals surface area contributed by atoms with Crippen LogP contribution in [0.3, 0.4) is 0 Å². The summed E-state index contributed by atoms with van der Waals surface area (Å²) in [5.74, 6) is 0.399. The van der Waals surface area contributed by atoms with Gasteiger partial charge in [-0.15, -0.1) is 0 Å². The van der Waals surface area contributed by atoms with Gasteiger partial charge in [-0.3, -0.25) is 0 Å². The van der Waals surface area contributed by atoms with Crippen molar-refractivity contribution in [2.75, 3.05) is 17.7 Å². The topological polar surface area (TPSA) is 73.6 Å². The van der Waals surface area contributed by atoms with Crippen LogP contribution in [0.5, 0.6) is 5.75 Å². The van der Waals surface area contributed by atoms with Gasteiger partial charge in [0.2, 0.25) is 0 Å². The number of nitrogens with two attached hydrogens (primary N) is 1. The summed E-state index contributed by atoms with van der Waals surface area (Å²) in [5, 5.41) is 3.21. The highest BCUT2D eigenvalue weighted by Crippen LogP contribution is 2.25. The molecule has 122 valence electrons. The third kappa shape index (κ3) is 4.64. The van der Waals surface area contributed by atoms with E-state index in [1.54, 1.807) is 18.2 Å². The molecule has 0 amide bonds. The molecule has 0 bridgehead atoms. The Morgan fingerprint density at radius 1 is 1.17 bits per heavy atom. The Morgan fingerprint density at radius 2 is 1.87 bits per heavy atom. The van der Waals surface area contributed by atoms with Crippen LogP contribution in [0.4, 0.5) is 17.1 Å². The number of benzene rings is 2. The van der Waals surface area contributed by atoms with E-state index in [0.29, 0.717) is 23.5 Å². The Balaban J connectivity index is 2.23. The number of hydrogen-bond acceptors (Lipinski definition) is 5. The van der Waals surface area contributed by atoms with Crippen molar-refractivity contribution in [3.63, 3.8) is 0 Å². The number of hydrogen-bond donors (Lipinski definition) is 2. The number of esters is 1. The van der Waals surface area contributed by atoms with E-state index in [0.717, 1.165) is 11.4 Å². The molecule has 0 aliphatic carbocycles. The van der Waals surface area contributed by atoms with Gasteiger partial charge in [-0.1, -0.05) is 0 Å². The predicted molar refractivity (Wildman–Crippen MR) is 92.3 cm³/mol. The fraction of sp³-hybridized carbons (Fsp3) is 0.278. The van der Waals surface area contributed by atoms with E-state index >= 15 is 0 Å². The third-order valence-corrected chi connectivity index (χ3v) is 3.05. The molecule has 5 heteroatoms. The fourth-order valence-corrected chi connectivity index (χ4v) is 2.07. The lowest BCUT2D eigenvalue weighted by Crippen LogP contribution is -2.13. The average Bonchev–Trinajstić information content (AvgIpc) is 2.50. The monoisotopic (exact) mass is 314 g/mol. The lowest BCUT2D eigenvalue weighted by Gasteiger charge is -2.14. The van der Waals surface area contributed by atoms with Gasteiger partial charge in [0.25, 0.3) is 0 Å². The van der Waals surface area contributed by atoms with Crippen LogP contribution in [-0.2, 0) is 4.74 Å². The Bertz CT molecular complexity index is 666. The van der Waals surface area contributed by atoms with Crippen molar-refractivity contribution in [2.45, 2.75) is 26.9 Å².